The third kappa shape index (κ3) is 4.60. The largest absolute Gasteiger partial charge is 0.457 e. The number of hydrogen-bond donors (Lipinski definition) is 0. The molecule has 0 N–H and O–H groups in total. The number of nitrogens with zero attached hydrogens (tertiary/aromatic N) is 1. The van der Waals surface area contributed by atoms with E-state index < -0.39 is 5.41 Å². The first-order valence-corrected chi connectivity index (χ1v) is 20.6. The molecule has 3 heteroatoms. The van der Waals surface area contributed by atoms with E-state index in [0.29, 0.717) is 0 Å². The lowest BCUT2D eigenvalue weighted by Gasteiger charge is -2.40. The van der Waals surface area contributed by atoms with Crippen molar-refractivity contribution in [3.8, 4) is 33.8 Å². The van der Waals surface area contributed by atoms with Crippen LogP contribution in [0.25, 0.3) is 65.7 Å². The summed E-state index contributed by atoms with van der Waals surface area (Å²) in [5.41, 5.74) is 14.2. The van der Waals surface area contributed by atoms with Gasteiger partial charge >= 0.3 is 0 Å². The summed E-state index contributed by atoms with van der Waals surface area (Å²) < 4.78 is 13.5. The number of rotatable bonds is 4. The predicted molar refractivity (Wildman–Crippen MR) is 246 cm³/mol. The first-order valence-electron chi connectivity index (χ1n) is 20.6. The Morgan fingerprint density at radius 1 is 0.350 bits per heavy atom. The maximum absolute atomic E-state index is 6.98. The molecular formula is C57H35NO2. The number of fused-ring (bicyclic) bond motifs is 15. The fraction of sp³-hybridized carbons (Fsp3) is 0.0175. The first kappa shape index (κ1) is 33.1. The summed E-state index contributed by atoms with van der Waals surface area (Å²) in [5.74, 6) is 1.72. The lowest BCUT2D eigenvalue weighted by atomic mass is 9.66. The van der Waals surface area contributed by atoms with Gasteiger partial charge in [0.05, 0.1) is 5.41 Å². The molecule has 1 aliphatic carbocycles. The average Bonchev–Trinajstić information content (AvgIpc) is 3.84. The van der Waals surface area contributed by atoms with Crippen molar-refractivity contribution in [2.24, 2.45) is 0 Å². The number of anilines is 3. The molecule has 60 heavy (non-hydrogen) atoms. The number of para-hydroxylation sites is 2. The molecule has 1 aromatic heterocycles. The highest BCUT2D eigenvalue weighted by atomic mass is 16.5. The second-order valence-electron chi connectivity index (χ2n) is 16.0. The highest BCUT2D eigenvalue weighted by molar-refractivity contribution is 6.15. The van der Waals surface area contributed by atoms with Crippen molar-refractivity contribution in [2.45, 2.75) is 5.41 Å². The molecule has 10 aromatic carbocycles. The highest BCUT2D eigenvalue weighted by Gasteiger charge is 2.51. The standard InChI is InChI=1S/C57H35NO2/c1-2-14-42-36(12-1)13-11-18-43(42)37-24-27-39(28-25-37)58(40-29-32-44-38(34-40)26-31-48-47-17-5-9-22-53(47)60-56(44)48)41-30-33-52-55(35-41)59-54-23-10-8-21-51(54)57(52)49-19-6-3-15-45(49)46-16-4-7-20-50(46)57/h1-35H. The summed E-state index contributed by atoms with van der Waals surface area (Å²) in [5, 5.41) is 6.93. The van der Waals surface area contributed by atoms with Gasteiger partial charge in [-0.25, -0.2) is 0 Å². The molecule has 13 rings (SSSR count). The first-order chi connectivity index (χ1) is 29.7. The van der Waals surface area contributed by atoms with E-state index >= 15 is 0 Å². The van der Waals surface area contributed by atoms with Gasteiger partial charge in [0, 0.05) is 50.4 Å². The Labute approximate surface area is 347 Å². The fourth-order valence-electron chi connectivity index (χ4n) is 10.3. The van der Waals surface area contributed by atoms with E-state index in [0.717, 1.165) is 72.4 Å². The minimum atomic E-state index is -0.526. The number of ether oxygens (including phenoxy) is 1. The topological polar surface area (TPSA) is 25.6 Å². The van der Waals surface area contributed by atoms with Crippen molar-refractivity contribution < 1.29 is 9.15 Å². The molecule has 3 nitrogen and oxygen atoms in total. The minimum absolute atomic E-state index is 0.526. The van der Waals surface area contributed by atoms with Crippen LogP contribution in [0.3, 0.4) is 0 Å². The van der Waals surface area contributed by atoms with Crippen LogP contribution in [-0.4, -0.2) is 0 Å². The van der Waals surface area contributed by atoms with Crippen LogP contribution in [0.2, 0.25) is 0 Å². The van der Waals surface area contributed by atoms with Gasteiger partial charge < -0.3 is 14.1 Å². The SMILES string of the molecule is c1ccc2c(c1)Oc1cc(N(c3ccc(-c4cccc5ccccc45)cc3)c3ccc4c(ccc5c6ccccc6oc45)c3)ccc1C21c2ccccc2-c2ccccc21. The van der Waals surface area contributed by atoms with E-state index in [1.165, 1.54) is 44.2 Å². The van der Waals surface area contributed by atoms with Gasteiger partial charge in [-0.1, -0.05) is 152 Å². The van der Waals surface area contributed by atoms with Gasteiger partial charge in [-0.2, -0.15) is 0 Å². The zero-order chi connectivity index (χ0) is 39.4. The molecule has 0 unspecified atom stereocenters. The lowest BCUT2D eigenvalue weighted by Crippen LogP contribution is -2.32. The Hall–Kier alpha value is -7.88. The fourth-order valence-corrected chi connectivity index (χ4v) is 10.3. The van der Waals surface area contributed by atoms with Gasteiger partial charge in [-0.15, -0.1) is 0 Å². The average molecular weight is 766 g/mol. The van der Waals surface area contributed by atoms with E-state index in [1.54, 1.807) is 0 Å². The number of benzene rings is 10. The molecule has 2 aliphatic rings. The molecule has 0 atom stereocenters. The summed E-state index contributed by atoms with van der Waals surface area (Å²) in [4.78, 5) is 2.35. The van der Waals surface area contributed by atoms with Gasteiger partial charge in [0.2, 0.25) is 0 Å². The van der Waals surface area contributed by atoms with Crippen LogP contribution in [-0.2, 0) is 5.41 Å². The molecule has 0 bridgehead atoms. The molecule has 0 fully saturated rings. The monoisotopic (exact) mass is 765 g/mol. The van der Waals surface area contributed by atoms with Crippen LogP contribution in [0.15, 0.2) is 217 Å². The van der Waals surface area contributed by atoms with Gasteiger partial charge in [0.1, 0.15) is 22.7 Å². The maximum atomic E-state index is 6.98. The molecular weight excluding hydrogens is 731 g/mol. The zero-order valence-electron chi connectivity index (χ0n) is 32.5. The molecule has 11 aromatic rings. The smallest absolute Gasteiger partial charge is 0.143 e. The van der Waals surface area contributed by atoms with Gasteiger partial charge in [0.15, 0.2) is 0 Å². The molecule has 280 valence electrons. The Bertz CT molecular complexity index is 3490. The molecule has 2 heterocycles. The van der Waals surface area contributed by atoms with Crippen LogP contribution in [0.5, 0.6) is 11.5 Å². The van der Waals surface area contributed by atoms with Crippen molar-refractivity contribution in [1.82, 2.24) is 0 Å². The van der Waals surface area contributed by atoms with Crippen molar-refractivity contribution >= 4 is 60.5 Å². The molecule has 0 radical (unpaired) electrons. The second-order valence-corrected chi connectivity index (χ2v) is 16.0. The van der Waals surface area contributed by atoms with Crippen molar-refractivity contribution in [3.05, 3.63) is 235 Å². The maximum Gasteiger partial charge on any atom is 0.143 e. The van der Waals surface area contributed by atoms with E-state index in [-0.39, 0.29) is 0 Å². The van der Waals surface area contributed by atoms with Crippen LogP contribution < -0.4 is 9.64 Å². The molecule has 0 saturated heterocycles. The normalized spacial score (nSPS) is 13.3. The van der Waals surface area contributed by atoms with Crippen LogP contribution >= 0.6 is 0 Å². The Morgan fingerprint density at radius 2 is 0.950 bits per heavy atom. The van der Waals surface area contributed by atoms with Gasteiger partial charge in [0.25, 0.3) is 0 Å². The zero-order valence-corrected chi connectivity index (χ0v) is 32.5. The highest BCUT2D eigenvalue weighted by Crippen LogP contribution is 2.62. The Balaban J connectivity index is 1.01. The summed E-state index contributed by atoms with van der Waals surface area (Å²) >= 11 is 0. The van der Waals surface area contributed by atoms with Crippen LogP contribution in [0, 0.1) is 0 Å². The van der Waals surface area contributed by atoms with Crippen molar-refractivity contribution in [1.29, 1.82) is 0 Å². The number of hydrogen-bond acceptors (Lipinski definition) is 3. The quantitative estimate of drug-likeness (QED) is 0.178. The summed E-state index contributed by atoms with van der Waals surface area (Å²) in [6.07, 6.45) is 0. The van der Waals surface area contributed by atoms with E-state index in [4.69, 9.17) is 9.15 Å². The molecule has 0 amide bonds. The van der Waals surface area contributed by atoms with Crippen molar-refractivity contribution in [3.63, 3.8) is 0 Å². The summed E-state index contributed by atoms with van der Waals surface area (Å²) in [6.45, 7) is 0. The van der Waals surface area contributed by atoms with E-state index in [9.17, 15) is 0 Å². The molecule has 0 saturated carbocycles. The Kier molecular flexibility index (Phi) is 6.93. The summed E-state index contributed by atoms with van der Waals surface area (Å²) in [7, 11) is 0. The predicted octanol–water partition coefficient (Wildman–Crippen LogP) is 15.5. The molecule has 1 spiro atoms. The molecule has 1 aliphatic heterocycles. The lowest BCUT2D eigenvalue weighted by molar-refractivity contribution is 0.436. The second kappa shape index (κ2) is 12.6. The van der Waals surface area contributed by atoms with Crippen LogP contribution in [0.1, 0.15) is 22.3 Å². The Morgan fingerprint density at radius 3 is 1.78 bits per heavy atom. The van der Waals surface area contributed by atoms with Crippen LogP contribution in [0.4, 0.5) is 17.1 Å². The minimum Gasteiger partial charge on any atom is -0.457 e. The third-order valence-corrected chi connectivity index (χ3v) is 12.9. The van der Waals surface area contributed by atoms with Gasteiger partial charge in [-0.3, -0.25) is 0 Å². The van der Waals surface area contributed by atoms with E-state index in [2.05, 4.69) is 205 Å². The van der Waals surface area contributed by atoms with Crippen molar-refractivity contribution in [2.75, 3.05) is 4.90 Å². The summed E-state index contributed by atoms with van der Waals surface area (Å²) in [6, 6.07) is 76.6. The number of furan rings is 1. The van der Waals surface area contributed by atoms with Gasteiger partial charge in [-0.05, 0) is 104 Å². The van der Waals surface area contributed by atoms with E-state index in [1.807, 2.05) is 12.1 Å². The third-order valence-electron chi connectivity index (χ3n) is 12.9.